The Morgan fingerprint density at radius 3 is 1.61 bits per heavy atom. The second-order valence-electron chi connectivity index (χ2n) is 36.1. The van der Waals surface area contributed by atoms with E-state index in [4.69, 9.17) is 33.7 Å². The second kappa shape index (κ2) is 40.1. The van der Waals surface area contributed by atoms with Gasteiger partial charge in [0.25, 0.3) is 16.7 Å². The lowest BCUT2D eigenvalue weighted by atomic mass is 9.96. The summed E-state index contributed by atoms with van der Waals surface area (Å²) in [5.74, 6) is -2.49. The Morgan fingerprint density at radius 1 is 0.469 bits per heavy atom. The molecule has 3 fully saturated rings. The van der Waals surface area contributed by atoms with Crippen LogP contribution in [0.3, 0.4) is 0 Å². The Labute approximate surface area is 831 Å². The standard InChI is InChI=1S/C33H34N6O8.2C29H27F3N4O2.C17H12F2N4O/c1-5-44-31(41)38-16-14-37(15-17-38)21-10-13-23-24(18-21)34-30(40)27-26(23)25-19(4)36-39(32(42)45-6-2)29(25)35-28(27)20-8-11-22(12-9-20)47-33(43)46-7-3;1-3-36-21-14-18(35-11-5-4-6-12-35)8-9-19(21)24-23-16(2)15-33-27(23)34-26(25(24)28(36)38)17-7-10-22(37)20(13-17)29(30,31)32;1-3-38-28-25-24(19-9-8-18(14-21(19)34-28)36-11-5-4-6-12-36)23-16(2)15-33-27(23)35-26(25)17-7-10-22(37)20(13-17)29(30,31)32;1-8-13-12-3-4-23(2)17(24)14(12)15(20-16(13)22-21-8)9-5-10(18)7-11(19)6-9/h8-13,18H,5-7,14-17H2,1-4H3,(H,34,40);7-10,13-15,37H,3-6,11-12H2,1-2H3,(H,33,34);7-10,13-15,34,37H,3-6,11-12H2,1-2H3;3-7H,1-2H3,(H,20,21,22). The average Bonchev–Trinajstić information content (AvgIpc) is 1.71. The van der Waals surface area contributed by atoms with Gasteiger partial charge in [0, 0.05) is 189 Å². The number of phenolic OH excluding ortho intramolecular Hbond substituents is 2. The van der Waals surface area contributed by atoms with Crippen molar-refractivity contribution in [2.45, 2.75) is 120 Å². The van der Waals surface area contributed by atoms with Crippen molar-refractivity contribution in [3.63, 3.8) is 0 Å². The van der Waals surface area contributed by atoms with Gasteiger partial charge >= 0.3 is 30.7 Å². The zero-order valence-corrected chi connectivity index (χ0v) is 81.6. The molecule has 147 heavy (non-hydrogen) atoms. The number of benzene rings is 7. The number of hydrogen-bond acceptors (Lipinski definition) is 23. The molecule has 3 saturated heterocycles. The number of amides is 1. The number of hydrogen-bond donors (Lipinski definition) is 6. The third-order valence-corrected chi connectivity index (χ3v) is 26.9. The van der Waals surface area contributed by atoms with Crippen LogP contribution in [0.4, 0.5) is 66.6 Å². The molecule has 15 heterocycles. The molecule has 22 rings (SSSR count). The number of rotatable bonds is 14. The van der Waals surface area contributed by atoms with E-state index in [2.05, 4.69) is 90.2 Å². The van der Waals surface area contributed by atoms with Crippen molar-refractivity contribution in [1.29, 1.82) is 0 Å². The lowest BCUT2D eigenvalue weighted by molar-refractivity contribution is -0.139. The number of aromatic amines is 4. The van der Waals surface area contributed by atoms with Crippen LogP contribution in [0.2, 0.25) is 0 Å². The van der Waals surface area contributed by atoms with Crippen molar-refractivity contribution in [3.05, 3.63) is 234 Å². The summed E-state index contributed by atoms with van der Waals surface area (Å²) >= 11 is 0. The van der Waals surface area contributed by atoms with E-state index < -0.39 is 58.9 Å². The number of aryl methyl sites for hydroxylation is 6. The van der Waals surface area contributed by atoms with Gasteiger partial charge in [-0.2, -0.15) is 36.5 Å². The number of piperidine rings is 2. The highest BCUT2D eigenvalue weighted by Crippen LogP contribution is 2.49. The lowest BCUT2D eigenvalue weighted by Gasteiger charge is -2.35. The molecular weight excluding hydrogens is 1910 g/mol. The van der Waals surface area contributed by atoms with Crippen LogP contribution in [0, 0.1) is 39.3 Å². The smallest absolute Gasteiger partial charge is 0.507 e. The molecule has 39 heteroatoms. The third kappa shape index (κ3) is 18.7. The zero-order chi connectivity index (χ0) is 104. The van der Waals surface area contributed by atoms with Crippen LogP contribution in [0.15, 0.2) is 173 Å². The molecule has 0 saturated carbocycles. The number of H-pyrrole nitrogens is 4. The van der Waals surface area contributed by atoms with E-state index in [9.17, 15) is 74.1 Å². The Kier molecular flexibility index (Phi) is 27.0. The summed E-state index contributed by atoms with van der Waals surface area (Å²) in [6.45, 7) is 23.9. The first-order chi connectivity index (χ1) is 70.6. The molecule has 7 aromatic carbocycles. The van der Waals surface area contributed by atoms with Gasteiger partial charge in [0.15, 0.2) is 16.9 Å². The minimum absolute atomic E-state index is 0.110. The van der Waals surface area contributed by atoms with Crippen LogP contribution in [0.1, 0.15) is 107 Å². The highest BCUT2D eigenvalue weighted by atomic mass is 19.4. The van der Waals surface area contributed by atoms with Gasteiger partial charge in [0.05, 0.1) is 110 Å². The number of halogens is 8. The van der Waals surface area contributed by atoms with E-state index in [0.29, 0.717) is 135 Å². The predicted molar refractivity (Wildman–Crippen MR) is 548 cm³/mol. The van der Waals surface area contributed by atoms with E-state index in [0.717, 1.165) is 182 Å². The molecule has 0 unspecified atom stereocenters. The first-order valence-electron chi connectivity index (χ1n) is 48.3. The monoisotopic (exact) mass is 2010 g/mol. The van der Waals surface area contributed by atoms with E-state index in [1.165, 1.54) is 29.5 Å². The molecule has 31 nitrogen and oxygen atoms in total. The number of pyridine rings is 8. The first kappa shape index (κ1) is 99.0. The van der Waals surface area contributed by atoms with Crippen molar-refractivity contribution >= 4 is 155 Å². The third-order valence-electron chi connectivity index (χ3n) is 26.9. The van der Waals surface area contributed by atoms with Gasteiger partial charge in [-0.15, -0.1) is 4.68 Å². The number of carbonyl (C=O) groups is 3. The van der Waals surface area contributed by atoms with Crippen LogP contribution in [-0.2, 0) is 40.2 Å². The molecule has 3 aliphatic heterocycles. The van der Waals surface area contributed by atoms with Gasteiger partial charge in [-0.05, 0) is 227 Å². The largest absolute Gasteiger partial charge is 0.513 e. The van der Waals surface area contributed by atoms with Crippen molar-refractivity contribution in [3.8, 4) is 68.2 Å². The minimum Gasteiger partial charge on any atom is -0.507 e. The molecule has 0 aliphatic carbocycles. The SMILES string of the molecule is CCOC(=O)Oc1ccc(-c2nc3c(c(C)nn3C(=O)OCC)c3c2c(=O)[nH]c2cc(N4CCN(C(=O)OCC)CC4)ccc23)cc1.CCOc1[nH]c2cc(N3CCCCC3)ccc2c2c1c(-c1ccc(O)c(C(F)(F)F)c1)nc1ncc(C)c12.CCn1c(=O)c2c(-c3ccc(O)c(C(F)(F)F)c3)nc3[nH]cc(C)c3c2c2ccc(N3CCCCC3)cc21.Cc1[nH]nc2nc(-c3cc(F)cc(F)c3)c3c(=O)n(C)ccc3c12. The lowest BCUT2D eigenvalue weighted by Crippen LogP contribution is -2.49. The molecule has 0 radical (unpaired) electrons. The van der Waals surface area contributed by atoms with Crippen molar-refractivity contribution < 1.29 is 83.4 Å². The van der Waals surface area contributed by atoms with E-state index in [1.807, 2.05) is 58.9 Å². The summed E-state index contributed by atoms with van der Waals surface area (Å²) in [7, 11) is 1.62. The maximum absolute atomic E-state index is 14.1. The number of carbonyl (C=O) groups excluding carboxylic acids is 3. The van der Waals surface area contributed by atoms with Crippen LogP contribution >= 0.6 is 0 Å². The Balaban J connectivity index is 0.000000126. The number of nitrogens with one attached hydrogen (secondary N) is 4. The average molecular weight is 2010 g/mol. The Morgan fingerprint density at radius 2 is 1.01 bits per heavy atom. The van der Waals surface area contributed by atoms with Gasteiger partial charge < -0.3 is 77.6 Å². The van der Waals surface area contributed by atoms with Crippen molar-refractivity contribution in [1.82, 2.24) is 73.9 Å². The van der Waals surface area contributed by atoms with Crippen LogP contribution < -0.4 is 40.9 Å². The number of piperazine rings is 1. The predicted octanol–water partition coefficient (Wildman–Crippen LogP) is 22.4. The molecule has 1 amide bonds. The fourth-order valence-electron chi connectivity index (χ4n) is 20.1. The number of fused-ring (bicyclic) bond motifs is 18. The minimum atomic E-state index is -4.76. The Hall–Kier alpha value is -16.8. The molecule has 3 aliphatic rings. The van der Waals surface area contributed by atoms with Crippen LogP contribution in [-0.4, -0.2) is 181 Å². The van der Waals surface area contributed by atoms with Gasteiger partial charge in [-0.25, -0.2) is 48.1 Å². The summed E-state index contributed by atoms with van der Waals surface area (Å²) < 4.78 is 140. The van der Waals surface area contributed by atoms with E-state index in [1.54, 1.807) is 93.1 Å². The first-order valence-corrected chi connectivity index (χ1v) is 48.3. The van der Waals surface area contributed by atoms with E-state index in [-0.39, 0.29) is 80.8 Å². The zero-order valence-electron chi connectivity index (χ0n) is 81.6. The maximum Gasteiger partial charge on any atom is 0.513 e. The van der Waals surface area contributed by atoms with E-state index >= 15 is 0 Å². The highest BCUT2D eigenvalue weighted by Gasteiger charge is 2.38. The molecule has 6 N–H and O–H groups in total. The number of anilines is 3. The number of phenols is 2. The summed E-state index contributed by atoms with van der Waals surface area (Å²) in [6.07, 6.45) is 0.843. The number of aromatic nitrogens is 14. The maximum atomic E-state index is 14.1. The normalized spacial score (nSPS) is 13.7. The van der Waals surface area contributed by atoms with Crippen molar-refractivity contribution in [2.75, 3.05) is 93.5 Å². The topological polar surface area (TPSA) is 370 Å². The number of alkyl halides is 6. The van der Waals surface area contributed by atoms with Gasteiger partial charge in [0.1, 0.15) is 34.5 Å². The highest BCUT2D eigenvalue weighted by molar-refractivity contribution is 6.26. The number of aromatic hydroxyl groups is 2. The Bertz CT molecular complexity index is 8670. The second-order valence-corrected chi connectivity index (χ2v) is 36.1. The quantitative estimate of drug-likeness (QED) is 0.0194. The molecule has 12 aromatic heterocycles. The summed E-state index contributed by atoms with van der Waals surface area (Å²) in [5, 5.41) is 40.8. The van der Waals surface area contributed by atoms with Crippen molar-refractivity contribution in [2.24, 2.45) is 7.05 Å². The number of ether oxygens (including phenoxy) is 5. The summed E-state index contributed by atoms with van der Waals surface area (Å²) in [5.41, 5.74) is 8.72. The van der Waals surface area contributed by atoms with Gasteiger partial charge in [-0.3, -0.25) is 19.5 Å². The van der Waals surface area contributed by atoms with Crippen LogP contribution in [0.5, 0.6) is 23.1 Å². The fourth-order valence-corrected chi connectivity index (χ4v) is 20.1. The molecule has 756 valence electrons. The molecule has 0 atom stereocenters. The van der Waals surface area contributed by atoms with Gasteiger partial charge in [-0.1, -0.05) is 18.2 Å². The molecule has 19 aromatic rings. The molecule has 0 spiro atoms. The summed E-state index contributed by atoms with van der Waals surface area (Å²) in [6, 6.07) is 36.2. The van der Waals surface area contributed by atoms with Crippen LogP contribution in [0.25, 0.3) is 165 Å². The van der Waals surface area contributed by atoms with Gasteiger partial charge in [0.2, 0.25) is 5.88 Å². The fraction of sp³-hybridized carbons (Fsp3) is 0.287. The molecular formula is C108H100F8N18O13. The number of nitrogens with zero attached hydrogens (tertiary/aromatic N) is 14. The molecule has 0 bridgehead atoms. The summed E-state index contributed by atoms with van der Waals surface area (Å²) in [4.78, 5) is 119.